The molecule has 1 aromatic carbocycles. The highest BCUT2D eigenvalue weighted by Gasteiger charge is 2.42. The highest BCUT2D eigenvalue weighted by molar-refractivity contribution is 6.51. The van der Waals surface area contributed by atoms with Crippen LogP contribution >= 0.6 is 11.6 Å². The molecule has 0 bridgehead atoms. The molecule has 0 saturated carbocycles. The van der Waals surface area contributed by atoms with Crippen LogP contribution in [0, 0.1) is 11.3 Å². The molecule has 1 unspecified atom stereocenters. The number of hydrogen-bond acceptors (Lipinski definition) is 6. The lowest BCUT2D eigenvalue weighted by molar-refractivity contribution is -0.142. The zero-order valence-electron chi connectivity index (χ0n) is 31.5. The normalized spacial score (nSPS) is 23.2. The SMILES string of the molecule is C[B]c1cnc2c(c1)CCc1cc(Cl)ccc1C2N1CCC(N2CCN(C(=O)CC3CCN(C(=O)OC(C)(C)C)CC3)[C@@H](C(C)(C)C)C2)CC1. The van der Waals surface area contributed by atoms with E-state index in [1.807, 2.05) is 33.0 Å². The summed E-state index contributed by atoms with van der Waals surface area (Å²) in [6.45, 7) is 20.6. The van der Waals surface area contributed by atoms with Crippen LogP contribution in [0.4, 0.5) is 4.79 Å². The summed E-state index contributed by atoms with van der Waals surface area (Å²) in [5.74, 6) is 0.581. The van der Waals surface area contributed by atoms with E-state index in [0.717, 1.165) is 76.3 Å². The van der Waals surface area contributed by atoms with Crippen LogP contribution in [0.5, 0.6) is 0 Å². The fourth-order valence-corrected chi connectivity index (χ4v) is 8.88. The van der Waals surface area contributed by atoms with Gasteiger partial charge in [-0.1, -0.05) is 56.8 Å². The summed E-state index contributed by atoms with van der Waals surface area (Å²) in [5, 5.41) is 0.803. The molecule has 271 valence electrons. The Morgan fingerprint density at radius 1 is 0.900 bits per heavy atom. The zero-order valence-corrected chi connectivity index (χ0v) is 32.3. The lowest BCUT2D eigenvalue weighted by Gasteiger charge is -2.51. The third kappa shape index (κ3) is 8.53. The maximum Gasteiger partial charge on any atom is 0.410 e. The molecule has 1 aliphatic carbocycles. The molecule has 3 saturated heterocycles. The molecule has 3 fully saturated rings. The quantitative estimate of drug-likeness (QED) is 0.338. The molecule has 2 atom stereocenters. The predicted octanol–water partition coefficient (Wildman–Crippen LogP) is 6.36. The van der Waals surface area contributed by atoms with Gasteiger partial charge in [0.2, 0.25) is 5.91 Å². The van der Waals surface area contributed by atoms with Crippen molar-refractivity contribution in [2.75, 3.05) is 45.8 Å². The van der Waals surface area contributed by atoms with Gasteiger partial charge in [-0.3, -0.25) is 19.6 Å². The Morgan fingerprint density at radius 3 is 2.26 bits per heavy atom. The van der Waals surface area contributed by atoms with E-state index < -0.39 is 5.60 Å². The number of halogens is 1. The first-order valence-corrected chi connectivity index (χ1v) is 19.4. The molecule has 0 N–H and O–H groups in total. The third-order valence-electron chi connectivity index (χ3n) is 11.5. The molecule has 3 aliphatic heterocycles. The third-order valence-corrected chi connectivity index (χ3v) is 11.8. The maximum absolute atomic E-state index is 13.9. The van der Waals surface area contributed by atoms with Gasteiger partial charge in [0.05, 0.1) is 11.7 Å². The molecular weight excluding hydrogens is 645 g/mol. The van der Waals surface area contributed by atoms with Crippen LogP contribution in [-0.2, 0) is 22.4 Å². The molecule has 1 aromatic heterocycles. The van der Waals surface area contributed by atoms with Gasteiger partial charge in [0.1, 0.15) is 12.9 Å². The summed E-state index contributed by atoms with van der Waals surface area (Å²) in [5.41, 5.74) is 5.90. The molecule has 0 spiro atoms. The first-order valence-electron chi connectivity index (χ1n) is 19.0. The van der Waals surface area contributed by atoms with Crippen molar-refractivity contribution in [2.45, 2.75) is 117 Å². The number of amides is 2. The number of likely N-dealkylation sites (tertiary alicyclic amines) is 2. The molecule has 10 heteroatoms. The highest BCUT2D eigenvalue weighted by Crippen LogP contribution is 2.39. The minimum atomic E-state index is -0.497. The number of aryl methyl sites for hydroxylation is 2. The number of ether oxygens (including phenoxy) is 1. The second-order valence-corrected chi connectivity index (χ2v) is 17.6. The van der Waals surface area contributed by atoms with Gasteiger partial charge in [-0.25, -0.2) is 4.79 Å². The fourth-order valence-electron chi connectivity index (χ4n) is 8.68. The molecular formula is C40H58BClN5O3. The number of aromatic nitrogens is 1. The largest absolute Gasteiger partial charge is 0.444 e. The number of piperazine rings is 1. The van der Waals surface area contributed by atoms with E-state index in [4.69, 9.17) is 21.3 Å². The second kappa shape index (κ2) is 15.2. The number of carbonyl (C=O) groups is 2. The number of pyridine rings is 1. The maximum atomic E-state index is 13.9. The topological polar surface area (TPSA) is 69.2 Å². The Morgan fingerprint density at radius 2 is 1.60 bits per heavy atom. The second-order valence-electron chi connectivity index (χ2n) is 17.2. The molecule has 6 rings (SSSR count). The van der Waals surface area contributed by atoms with Crippen molar-refractivity contribution < 1.29 is 14.3 Å². The van der Waals surface area contributed by atoms with Crippen LogP contribution in [0.2, 0.25) is 11.8 Å². The Balaban J connectivity index is 1.08. The first kappa shape index (κ1) is 37.2. The van der Waals surface area contributed by atoms with E-state index >= 15 is 0 Å². The van der Waals surface area contributed by atoms with Crippen molar-refractivity contribution in [1.29, 1.82) is 0 Å². The van der Waals surface area contributed by atoms with Gasteiger partial charge in [-0.2, -0.15) is 0 Å². The summed E-state index contributed by atoms with van der Waals surface area (Å²) in [7, 11) is 2.14. The smallest absolute Gasteiger partial charge is 0.410 e. The van der Waals surface area contributed by atoms with Crippen LogP contribution in [0.25, 0.3) is 0 Å². The Bertz CT molecular complexity index is 1520. The van der Waals surface area contributed by atoms with Gasteiger partial charge in [0.25, 0.3) is 0 Å². The number of rotatable bonds is 5. The van der Waals surface area contributed by atoms with E-state index in [1.54, 1.807) is 4.90 Å². The molecule has 4 heterocycles. The van der Waals surface area contributed by atoms with Crippen LogP contribution < -0.4 is 5.46 Å². The van der Waals surface area contributed by atoms with Crippen molar-refractivity contribution >= 4 is 36.3 Å². The highest BCUT2D eigenvalue weighted by atomic mass is 35.5. The number of fused-ring (bicyclic) bond motifs is 2. The van der Waals surface area contributed by atoms with Crippen molar-refractivity contribution in [3.63, 3.8) is 0 Å². The standard InChI is InChI=1S/C40H58BClN5O3/c1-39(2,3)34-26-46(20-21-47(34)35(48)22-27-12-16-45(17-13-27)38(49)50-40(4,5)6)32-14-18-44(19-15-32)37-33-11-10-31(42)24-28(33)8-9-29-23-30(41-7)25-43-36(29)37/h10-11,23-25,27,32,34,37H,8-9,12-22,26H2,1-7H3/t34-,37?/m1/s1. The number of carbonyl (C=O) groups excluding carboxylic acids is 2. The van der Waals surface area contributed by atoms with E-state index in [9.17, 15) is 9.59 Å². The van der Waals surface area contributed by atoms with Gasteiger partial charge < -0.3 is 14.5 Å². The number of nitrogens with zero attached hydrogens (tertiary/aromatic N) is 5. The lowest BCUT2D eigenvalue weighted by Crippen LogP contribution is -2.62. The van der Waals surface area contributed by atoms with Crippen molar-refractivity contribution in [3.05, 3.63) is 57.9 Å². The summed E-state index contributed by atoms with van der Waals surface area (Å²) in [6.07, 6.45) is 8.22. The molecule has 2 aromatic rings. The monoisotopic (exact) mass is 702 g/mol. The number of piperidine rings is 2. The average molecular weight is 703 g/mol. The van der Waals surface area contributed by atoms with E-state index in [1.165, 1.54) is 27.8 Å². The number of hydrogen-bond donors (Lipinski definition) is 0. The zero-order chi connectivity index (χ0) is 35.8. The van der Waals surface area contributed by atoms with Gasteiger partial charge >= 0.3 is 6.09 Å². The molecule has 2 amide bonds. The summed E-state index contributed by atoms with van der Waals surface area (Å²) in [6, 6.07) is 9.58. The summed E-state index contributed by atoms with van der Waals surface area (Å²) >= 11 is 6.50. The van der Waals surface area contributed by atoms with Crippen molar-refractivity contribution in [3.8, 4) is 0 Å². The van der Waals surface area contributed by atoms with Gasteiger partial charge in [0.15, 0.2) is 0 Å². The van der Waals surface area contributed by atoms with Crippen LogP contribution in [0.15, 0.2) is 30.5 Å². The number of benzene rings is 1. The van der Waals surface area contributed by atoms with E-state index in [0.29, 0.717) is 31.5 Å². The molecule has 8 nitrogen and oxygen atoms in total. The van der Waals surface area contributed by atoms with E-state index in [-0.39, 0.29) is 29.5 Å². The Labute approximate surface area is 306 Å². The van der Waals surface area contributed by atoms with Crippen molar-refractivity contribution in [2.24, 2.45) is 11.3 Å². The Kier molecular flexibility index (Phi) is 11.3. The minimum Gasteiger partial charge on any atom is -0.444 e. The van der Waals surface area contributed by atoms with Crippen LogP contribution in [0.3, 0.4) is 0 Å². The van der Waals surface area contributed by atoms with Crippen LogP contribution in [-0.4, -0.2) is 107 Å². The minimum absolute atomic E-state index is 0.0232. The van der Waals surface area contributed by atoms with Crippen molar-refractivity contribution in [1.82, 2.24) is 24.6 Å². The summed E-state index contributed by atoms with van der Waals surface area (Å²) < 4.78 is 5.58. The molecule has 1 radical (unpaired) electrons. The average Bonchev–Trinajstić information content (AvgIpc) is 3.23. The lowest BCUT2D eigenvalue weighted by atomic mass is 9.73. The van der Waals surface area contributed by atoms with Gasteiger partial charge in [0, 0.05) is 75.5 Å². The molecule has 50 heavy (non-hydrogen) atoms. The van der Waals surface area contributed by atoms with Crippen LogP contribution in [0.1, 0.15) is 102 Å². The summed E-state index contributed by atoms with van der Waals surface area (Å²) in [4.78, 5) is 40.9. The Hall–Kier alpha value is -2.62. The van der Waals surface area contributed by atoms with Gasteiger partial charge in [-0.05, 0) is 99.5 Å². The first-order chi connectivity index (χ1) is 23.7. The van der Waals surface area contributed by atoms with Gasteiger partial charge in [-0.15, -0.1) is 0 Å². The molecule has 4 aliphatic rings. The predicted molar refractivity (Wildman–Crippen MR) is 202 cm³/mol. The van der Waals surface area contributed by atoms with E-state index in [2.05, 4.69) is 67.8 Å². The fraction of sp³-hybridized carbons (Fsp3) is 0.675.